The van der Waals surface area contributed by atoms with Crippen molar-refractivity contribution in [1.82, 2.24) is 0 Å². The Morgan fingerprint density at radius 1 is 0.920 bits per heavy atom. The molecule has 0 heterocycles. The van der Waals surface area contributed by atoms with Gasteiger partial charge in [-0.15, -0.1) is 0 Å². The Bertz CT molecular complexity index is 687. The molecule has 25 heavy (non-hydrogen) atoms. The SMILES string of the molecule is O=C(O)c1cccc(OCCOc2ccc(C3CCCCC3)cc2)c1. The summed E-state index contributed by atoms with van der Waals surface area (Å²) >= 11 is 0. The van der Waals surface area contributed by atoms with Crippen LogP contribution in [0.1, 0.15) is 53.9 Å². The molecule has 2 aromatic rings. The number of rotatable bonds is 7. The predicted octanol–water partition coefficient (Wildman–Crippen LogP) is 4.89. The summed E-state index contributed by atoms with van der Waals surface area (Å²) in [6.45, 7) is 0.785. The van der Waals surface area contributed by atoms with Crippen LogP contribution in [0.4, 0.5) is 0 Å². The first-order valence-corrected chi connectivity index (χ1v) is 8.91. The van der Waals surface area contributed by atoms with Gasteiger partial charge in [0.25, 0.3) is 0 Å². The van der Waals surface area contributed by atoms with E-state index in [0.29, 0.717) is 24.9 Å². The summed E-state index contributed by atoms with van der Waals surface area (Å²) in [6, 6.07) is 14.9. The lowest BCUT2D eigenvalue weighted by atomic mass is 9.84. The molecule has 0 radical (unpaired) electrons. The minimum Gasteiger partial charge on any atom is -0.490 e. The molecule has 1 fully saturated rings. The highest BCUT2D eigenvalue weighted by atomic mass is 16.5. The van der Waals surface area contributed by atoms with E-state index in [1.54, 1.807) is 18.2 Å². The minimum atomic E-state index is -0.959. The molecule has 1 N–H and O–H groups in total. The normalized spacial score (nSPS) is 14.9. The number of carboxylic acid groups (broad SMARTS) is 1. The first kappa shape index (κ1) is 17.3. The molecule has 1 saturated carbocycles. The Balaban J connectivity index is 1.44. The molecule has 1 aliphatic carbocycles. The van der Waals surface area contributed by atoms with Crippen molar-refractivity contribution in [2.24, 2.45) is 0 Å². The Labute approximate surface area is 148 Å². The van der Waals surface area contributed by atoms with Crippen LogP contribution in [-0.2, 0) is 0 Å². The maximum Gasteiger partial charge on any atom is 0.335 e. The van der Waals surface area contributed by atoms with Crippen molar-refractivity contribution >= 4 is 5.97 Å². The van der Waals surface area contributed by atoms with Gasteiger partial charge >= 0.3 is 5.97 Å². The number of aromatic carboxylic acids is 1. The number of carbonyl (C=O) groups is 1. The molecule has 0 aromatic heterocycles. The average Bonchev–Trinajstić information content (AvgIpc) is 2.67. The van der Waals surface area contributed by atoms with Crippen molar-refractivity contribution in [2.75, 3.05) is 13.2 Å². The molecule has 0 unspecified atom stereocenters. The molecule has 0 saturated heterocycles. The van der Waals surface area contributed by atoms with E-state index >= 15 is 0 Å². The zero-order valence-corrected chi connectivity index (χ0v) is 14.3. The quantitative estimate of drug-likeness (QED) is 0.729. The molecule has 0 atom stereocenters. The van der Waals surface area contributed by atoms with Crippen molar-refractivity contribution in [3.05, 3.63) is 59.7 Å². The van der Waals surface area contributed by atoms with E-state index in [9.17, 15) is 4.79 Å². The maximum absolute atomic E-state index is 10.9. The molecule has 3 rings (SSSR count). The van der Waals surface area contributed by atoms with Crippen LogP contribution in [0, 0.1) is 0 Å². The lowest BCUT2D eigenvalue weighted by molar-refractivity contribution is 0.0696. The van der Waals surface area contributed by atoms with Gasteiger partial charge in [-0.05, 0) is 54.7 Å². The Hall–Kier alpha value is -2.49. The van der Waals surface area contributed by atoms with E-state index in [4.69, 9.17) is 14.6 Å². The summed E-state index contributed by atoms with van der Waals surface area (Å²) in [5.41, 5.74) is 1.63. The zero-order chi connectivity index (χ0) is 17.5. The molecule has 0 spiro atoms. The molecular weight excluding hydrogens is 316 g/mol. The summed E-state index contributed by atoms with van der Waals surface area (Å²) in [7, 11) is 0. The standard InChI is InChI=1S/C21H24O4/c22-21(23)18-7-4-8-20(15-18)25-14-13-24-19-11-9-17(10-12-19)16-5-2-1-3-6-16/h4,7-12,15-16H,1-3,5-6,13-14H2,(H,22,23). The third-order valence-corrected chi connectivity index (χ3v) is 4.66. The Morgan fingerprint density at radius 2 is 1.60 bits per heavy atom. The molecular formula is C21H24O4. The molecule has 2 aromatic carbocycles. The van der Waals surface area contributed by atoms with Crippen LogP contribution >= 0.6 is 0 Å². The fraction of sp³-hybridized carbons (Fsp3) is 0.381. The van der Waals surface area contributed by atoms with Gasteiger partial charge < -0.3 is 14.6 Å². The Kier molecular flexibility index (Phi) is 5.94. The van der Waals surface area contributed by atoms with Crippen molar-refractivity contribution in [3.63, 3.8) is 0 Å². The molecule has 0 amide bonds. The number of hydrogen-bond donors (Lipinski definition) is 1. The van der Waals surface area contributed by atoms with Crippen molar-refractivity contribution in [1.29, 1.82) is 0 Å². The third-order valence-electron chi connectivity index (χ3n) is 4.66. The van der Waals surface area contributed by atoms with Crippen LogP contribution in [0.25, 0.3) is 0 Å². The smallest absolute Gasteiger partial charge is 0.335 e. The van der Waals surface area contributed by atoms with Crippen LogP contribution in [0.2, 0.25) is 0 Å². The summed E-state index contributed by atoms with van der Waals surface area (Å²) in [6.07, 6.45) is 6.63. The molecule has 0 aliphatic heterocycles. The molecule has 0 bridgehead atoms. The fourth-order valence-electron chi connectivity index (χ4n) is 3.31. The summed E-state index contributed by atoms with van der Waals surface area (Å²) < 4.78 is 11.3. The number of benzene rings is 2. The van der Waals surface area contributed by atoms with Gasteiger partial charge in [0, 0.05) is 0 Å². The maximum atomic E-state index is 10.9. The summed E-state index contributed by atoms with van der Waals surface area (Å²) in [5.74, 6) is 1.12. The van der Waals surface area contributed by atoms with Crippen LogP contribution in [0.15, 0.2) is 48.5 Å². The van der Waals surface area contributed by atoms with E-state index in [1.807, 2.05) is 12.1 Å². The van der Waals surface area contributed by atoms with Crippen molar-refractivity contribution in [3.8, 4) is 11.5 Å². The predicted molar refractivity (Wildman–Crippen MR) is 96.7 cm³/mol. The lowest BCUT2D eigenvalue weighted by Crippen LogP contribution is -2.09. The molecule has 4 heteroatoms. The van der Waals surface area contributed by atoms with E-state index in [1.165, 1.54) is 43.7 Å². The van der Waals surface area contributed by atoms with E-state index < -0.39 is 5.97 Å². The zero-order valence-electron chi connectivity index (χ0n) is 14.3. The summed E-state index contributed by atoms with van der Waals surface area (Å²) in [4.78, 5) is 10.9. The largest absolute Gasteiger partial charge is 0.490 e. The van der Waals surface area contributed by atoms with Crippen LogP contribution in [0.5, 0.6) is 11.5 Å². The lowest BCUT2D eigenvalue weighted by Gasteiger charge is -2.22. The van der Waals surface area contributed by atoms with Gasteiger partial charge in [-0.1, -0.05) is 37.5 Å². The van der Waals surface area contributed by atoms with Crippen LogP contribution < -0.4 is 9.47 Å². The Morgan fingerprint density at radius 3 is 2.28 bits per heavy atom. The minimum absolute atomic E-state index is 0.219. The van der Waals surface area contributed by atoms with Gasteiger partial charge in [-0.2, -0.15) is 0 Å². The first-order valence-electron chi connectivity index (χ1n) is 8.91. The number of carboxylic acids is 1. The van der Waals surface area contributed by atoms with Gasteiger partial charge in [0.05, 0.1) is 5.56 Å². The van der Waals surface area contributed by atoms with Crippen molar-refractivity contribution in [2.45, 2.75) is 38.0 Å². The van der Waals surface area contributed by atoms with Crippen molar-refractivity contribution < 1.29 is 19.4 Å². The van der Waals surface area contributed by atoms with Gasteiger partial charge in [0.15, 0.2) is 0 Å². The van der Waals surface area contributed by atoms with Crippen LogP contribution in [-0.4, -0.2) is 24.3 Å². The number of ether oxygens (including phenoxy) is 2. The van der Waals surface area contributed by atoms with E-state index in [-0.39, 0.29) is 5.56 Å². The molecule has 1 aliphatic rings. The monoisotopic (exact) mass is 340 g/mol. The summed E-state index contributed by atoms with van der Waals surface area (Å²) in [5, 5.41) is 8.97. The van der Waals surface area contributed by atoms with Crippen LogP contribution in [0.3, 0.4) is 0 Å². The third kappa shape index (κ3) is 4.99. The highest BCUT2D eigenvalue weighted by Gasteiger charge is 2.15. The van der Waals surface area contributed by atoms with Gasteiger partial charge in [-0.3, -0.25) is 0 Å². The van der Waals surface area contributed by atoms with Gasteiger partial charge in [0.1, 0.15) is 24.7 Å². The number of hydrogen-bond acceptors (Lipinski definition) is 3. The average molecular weight is 340 g/mol. The topological polar surface area (TPSA) is 55.8 Å². The van der Waals surface area contributed by atoms with Gasteiger partial charge in [0.2, 0.25) is 0 Å². The molecule has 132 valence electrons. The van der Waals surface area contributed by atoms with E-state index in [0.717, 1.165) is 5.75 Å². The second kappa shape index (κ2) is 8.56. The second-order valence-corrected chi connectivity index (χ2v) is 6.43. The second-order valence-electron chi connectivity index (χ2n) is 6.43. The first-order chi connectivity index (χ1) is 12.2. The fourth-order valence-corrected chi connectivity index (χ4v) is 3.31. The highest BCUT2D eigenvalue weighted by molar-refractivity contribution is 5.87. The highest BCUT2D eigenvalue weighted by Crippen LogP contribution is 2.33. The van der Waals surface area contributed by atoms with Gasteiger partial charge in [-0.25, -0.2) is 4.79 Å². The van der Waals surface area contributed by atoms with E-state index in [2.05, 4.69) is 12.1 Å². The molecule has 4 nitrogen and oxygen atoms in total.